The summed E-state index contributed by atoms with van der Waals surface area (Å²) in [7, 11) is 1.43. The first-order valence-electron chi connectivity index (χ1n) is 10.7. The molecular weight excluding hydrogens is 448 g/mol. The molecule has 1 fully saturated rings. The number of nitrogens with zero attached hydrogens (tertiary/aromatic N) is 2. The van der Waals surface area contributed by atoms with Gasteiger partial charge in [0.05, 0.1) is 13.2 Å². The molecule has 0 radical (unpaired) electrons. The zero-order valence-corrected chi connectivity index (χ0v) is 18.9. The number of Topliss-reactive ketones (excluding diaryl/α,β-unsaturated/α-hetero) is 1. The number of ketones is 1. The Morgan fingerprint density at radius 3 is 2.70 bits per heavy atom. The number of hydrogen-bond acceptors (Lipinski definition) is 6. The Bertz CT molecular complexity index is 984. The third-order valence-corrected chi connectivity index (χ3v) is 5.33. The van der Waals surface area contributed by atoms with Gasteiger partial charge in [-0.05, 0) is 19.3 Å². The van der Waals surface area contributed by atoms with Crippen molar-refractivity contribution in [2.24, 2.45) is 18.9 Å². The second kappa shape index (κ2) is 10.7. The molecule has 3 rings (SSSR count). The molecule has 0 amide bonds. The molecule has 11 heteroatoms. The van der Waals surface area contributed by atoms with Gasteiger partial charge in [-0.15, -0.1) is 0 Å². The predicted molar refractivity (Wildman–Crippen MR) is 110 cm³/mol. The highest BCUT2D eigenvalue weighted by Gasteiger charge is 2.32. The van der Waals surface area contributed by atoms with E-state index in [1.54, 1.807) is 0 Å². The Morgan fingerprint density at radius 2 is 2.06 bits per heavy atom. The molecule has 1 saturated heterocycles. The van der Waals surface area contributed by atoms with Gasteiger partial charge in [-0.3, -0.25) is 4.57 Å². The first-order valence-corrected chi connectivity index (χ1v) is 10.7. The summed E-state index contributed by atoms with van der Waals surface area (Å²) in [5, 5.41) is 0. The highest BCUT2D eigenvalue weighted by molar-refractivity contribution is 5.80. The Morgan fingerprint density at radius 1 is 1.33 bits per heavy atom. The fraction of sp³-hybridized carbons (Fsp3) is 0.636. The van der Waals surface area contributed by atoms with Crippen molar-refractivity contribution in [3.63, 3.8) is 0 Å². The zero-order valence-electron chi connectivity index (χ0n) is 18.9. The number of benzene rings is 1. The van der Waals surface area contributed by atoms with E-state index in [0.29, 0.717) is 25.5 Å². The molecule has 7 nitrogen and oxygen atoms in total. The van der Waals surface area contributed by atoms with E-state index in [9.17, 15) is 22.4 Å². The Balaban J connectivity index is 1.66. The fourth-order valence-corrected chi connectivity index (χ4v) is 3.84. The molecule has 0 N–H and O–H groups in total. The Labute approximate surface area is 188 Å². The quantitative estimate of drug-likeness (QED) is 0.478. The number of fused-ring (bicyclic) bond motifs is 1. The van der Waals surface area contributed by atoms with Crippen LogP contribution in [0.4, 0.5) is 17.6 Å². The number of imidazole rings is 1. The van der Waals surface area contributed by atoms with Gasteiger partial charge >= 0.3 is 0 Å². The van der Waals surface area contributed by atoms with Gasteiger partial charge < -0.3 is 23.7 Å². The van der Waals surface area contributed by atoms with E-state index in [1.807, 2.05) is 13.8 Å². The number of carbonyl (C=O) groups excluding carboxylic acids is 1. The van der Waals surface area contributed by atoms with Gasteiger partial charge in [-0.2, -0.15) is 4.98 Å². The SMILES string of the molecule is CC(=O)C[C@@H](C)CO[C@H]1OC[C@@H](Oc2nc3c(F)cc(OCC(F)F)c(F)c3n2C)C[C@@H]1C. The van der Waals surface area contributed by atoms with Crippen LogP contribution in [-0.2, 0) is 21.3 Å². The van der Waals surface area contributed by atoms with Gasteiger partial charge in [0.1, 0.15) is 29.5 Å². The fourth-order valence-electron chi connectivity index (χ4n) is 3.84. The lowest BCUT2D eigenvalue weighted by Gasteiger charge is -2.34. The van der Waals surface area contributed by atoms with Crippen LogP contribution in [0.15, 0.2) is 6.07 Å². The maximum absolute atomic E-state index is 14.8. The summed E-state index contributed by atoms with van der Waals surface area (Å²) in [6, 6.07) is 0.654. The van der Waals surface area contributed by atoms with Crippen LogP contribution >= 0.6 is 0 Å². The molecule has 1 aromatic carbocycles. The molecule has 4 atom stereocenters. The van der Waals surface area contributed by atoms with Crippen molar-refractivity contribution in [2.75, 3.05) is 19.8 Å². The van der Waals surface area contributed by atoms with Gasteiger partial charge in [0, 0.05) is 25.5 Å². The molecule has 0 spiro atoms. The van der Waals surface area contributed by atoms with Crippen molar-refractivity contribution in [1.29, 1.82) is 0 Å². The third kappa shape index (κ3) is 6.14. The van der Waals surface area contributed by atoms with Crippen molar-refractivity contribution in [2.45, 2.75) is 52.4 Å². The number of aryl methyl sites for hydroxylation is 1. The highest BCUT2D eigenvalue weighted by Crippen LogP contribution is 2.33. The standard InChI is InChI=1S/C22H28F4N2O5/c1-11(5-13(3)29)8-31-21-12(2)6-14(9-32-21)33-22-27-19-15(23)7-16(30-10-17(24)25)18(26)20(19)28(22)4/h7,11-12,14,17,21H,5-6,8-10H2,1-4H3/t11-,12+,14+,21+/m1/s1. The number of alkyl halides is 2. The summed E-state index contributed by atoms with van der Waals surface area (Å²) in [4.78, 5) is 15.2. The summed E-state index contributed by atoms with van der Waals surface area (Å²) >= 11 is 0. The minimum absolute atomic E-state index is 0.0363. The Hall–Kier alpha value is -2.40. The van der Waals surface area contributed by atoms with Gasteiger partial charge in [-0.1, -0.05) is 13.8 Å². The van der Waals surface area contributed by atoms with Crippen LogP contribution in [0.1, 0.15) is 33.6 Å². The van der Waals surface area contributed by atoms with Crippen molar-refractivity contribution in [3.05, 3.63) is 17.7 Å². The molecule has 0 bridgehead atoms. The number of hydrogen-bond donors (Lipinski definition) is 0. The van der Waals surface area contributed by atoms with Crippen molar-refractivity contribution in [1.82, 2.24) is 9.55 Å². The maximum Gasteiger partial charge on any atom is 0.297 e. The lowest BCUT2D eigenvalue weighted by atomic mass is 10.0. The van der Waals surface area contributed by atoms with Gasteiger partial charge in [-0.25, -0.2) is 17.6 Å². The maximum atomic E-state index is 14.8. The summed E-state index contributed by atoms with van der Waals surface area (Å²) in [6.45, 7) is 4.89. The molecular formula is C22H28F4N2O5. The number of ether oxygens (including phenoxy) is 4. The molecule has 1 aromatic heterocycles. The summed E-state index contributed by atoms with van der Waals surface area (Å²) in [6.07, 6.45) is -2.74. The average molecular weight is 476 g/mol. The lowest BCUT2D eigenvalue weighted by molar-refractivity contribution is -0.214. The molecule has 33 heavy (non-hydrogen) atoms. The van der Waals surface area contributed by atoms with Crippen LogP contribution in [0, 0.1) is 23.5 Å². The molecule has 1 aliphatic rings. The smallest absolute Gasteiger partial charge is 0.297 e. The van der Waals surface area contributed by atoms with E-state index in [2.05, 4.69) is 9.72 Å². The van der Waals surface area contributed by atoms with E-state index in [1.165, 1.54) is 18.5 Å². The van der Waals surface area contributed by atoms with Crippen LogP contribution in [-0.4, -0.2) is 54.0 Å². The largest absolute Gasteiger partial charge is 0.484 e. The van der Waals surface area contributed by atoms with Gasteiger partial charge in [0.15, 0.2) is 23.7 Å². The monoisotopic (exact) mass is 476 g/mol. The van der Waals surface area contributed by atoms with Crippen molar-refractivity contribution >= 4 is 16.8 Å². The number of aromatic nitrogens is 2. The number of carbonyl (C=O) groups is 1. The number of rotatable bonds is 10. The zero-order chi connectivity index (χ0) is 24.3. The topological polar surface area (TPSA) is 71.8 Å². The third-order valence-electron chi connectivity index (χ3n) is 5.33. The van der Waals surface area contributed by atoms with E-state index in [0.717, 1.165) is 0 Å². The minimum Gasteiger partial charge on any atom is -0.484 e. The van der Waals surface area contributed by atoms with Crippen molar-refractivity contribution in [3.8, 4) is 11.8 Å². The van der Waals surface area contributed by atoms with Crippen LogP contribution in [0.2, 0.25) is 0 Å². The molecule has 1 aliphatic heterocycles. The minimum atomic E-state index is -2.83. The molecule has 0 saturated carbocycles. The van der Waals surface area contributed by atoms with Crippen LogP contribution in [0.25, 0.3) is 11.0 Å². The van der Waals surface area contributed by atoms with Crippen LogP contribution < -0.4 is 9.47 Å². The average Bonchev–Trinajstić information content (AvgIpc) is 3.05. The molecule has 184 valence electrons. The van der Waals surface area contributed by atoms with E-state index >= 15 is 0 Å². The second-order valence-electron chi connectivity index (χ2n) is 8.52. The Kier molecular flexibility index (Phi) is 8.17. The number of halogens is 4. The van der Waals surface area contributed by atoms with Gasteiger partial charge in [0.2, 0.25) is 0 Å². The van der Waals surface area contributed by atoms with E-state index in [-0.39, 0.29) is 41.3 Å². The van der Waals surface area contributed by atoms with Crippen LogP contribution in [0.3, 0.4) is 0 Å². The normalized spacial score (nSPS) is 22.0. The molecule has 2 aromatic rings. The summed E-state index contributed by atoms with van der Waals surface area (Å²) in [5.41, 5.74) is -0.542. The first-order chi connectivity index (χ1) is 15.6. The van der Waals surface area contributed by atoms with Gasteiger partial charge in [0.25, 0.3) is 12.4 Å². The highest BCUT2D eigenvalue weighted by atomic mass is 19.3. The van der Waals surface area contributed by atoms with Crippen LogP contribution in [0.5, 0.6) is 11.8 Å². The summed E-state index contributed by atoms with van der Waals surface area (Å²) < 4.78 is 77.3. The molecule has 0 unspecified atom stereocenters. The van der Waals surface area contributed by atoms with Crippen molar-refractivity contribution < 1.29 is 41.3 Å². The van der Waals surface area contributed by atoms with E-state index < -0.39 is 42.8 Å². The first kappa shape index (κ1) is 25.2. The lowest BCUT2D eigenvalue weighted by Crippen LogP contribution is -2.41. The second-order valence-corrected chi connectivity index (χ2v) is 8.52. The molecule has 2 heterocycles. The summed E-state index contributed by atoms with van der Waals surface area (Å²) in [5.74, 6) is -2.40. The predicted octanol–water partition coefficient (Wildman–Crippen LogP) is 4.26. The molecule has 0 aliphatic carbocycles. The van der Waals surface area contributed by atoms with E-state index in [4.69, 9.17) is 14.2 Å².